The van der Waals surface area contributed by atoms with Gasteiger partial charge in [0.25, 0.3) is 0 Å². The Labute approximate surface area is 130 Å². The Hall–Kier alpha value is -1.66. The van der Waals surface area contributed by atoms with Gasteiger partial charge in [0.15, 0.2) is 0 Å². The van der Waals surface area contributed by atoms with E-state index in [9.17, 15) is 14.3 Å². The molecule has 0 amide bonds. The number of nitrogens with zero attached hydrogens (tertiary/aromatic N) is 2. The molecule has 0 aliphatic rings. The van der Waals surface area contributed by atoms with Crippen LogP contribution in [0.3, 0.4) is 0 Å². The summed E-state index contributed by atoms with van der Waals surface area (Å²) in [5, 5.41) is 9.68. The number of aromatic nitrogens is 2. The highest BCUT2D eigenvalue weighted by Crippen LogP contribution is 2.27. The third-order valence-electron chi connectivity index (χ3n) is 2.74. The first-order valence-corrected chi connectivity index (χ1v) is 7.40. The quantitative estimate of drug-likeness (QED) is 0.682. The van der Waals surface area contributed by atoms with Crippen LogP contribution in [0, 0.1) is 19.7 Å². The van der Waals surface area contributed by atoms with Crippen molar-refractivity contribution in [3.63, 3.8) is 0 Å². The average Bonchev–Trinajstić information content (AvgIpc) is 2.38. The molecule has 2 rings (SSSR count). The minimum absolute atomic E-state index is 0.0590. The molecular formula is C14H12ClFN2O2S. The average molecular weight is 327 g/mol. The maximum absolute atomic E-state index is 13.4. The standard InChI is InChI=1S/C14H12ClFN2O2S/c1-7-12(14(19)20)13(18-8(2)17-7)21-6-9-3-4-10(15)11(16)5-9/h3-5H,6H2,1-2H3,(H,19,20). The van der Waals surface area contributed by atoms with Crippen molar-refractivity contribution in [2.24, 2.45) is 0 Å². The van der Waals surface area contributed by atoms with Gasteiger partial charge in [0.2, 0.25) is 0 Å². The van der Waals surface area contributed by atoms with E-state index >= 15 is 0 Å². The number of carboxylic acids is 1. The molecule has 1 N–H and O–H groups in total. The zero-order valence-corrected chi connectivity index (χ0v) is 12.9. The molecular weight excluding hydrogens is 315 g/mol. The summed E-state index contributed by atoms with van der Waals surface area (Å²) in [7, 11) is 0. The predicted octanol–water partition coefficient (Wildman–Crippen LogP) is 3.88. The molecule has 0 spiro atoms. The van der Waals surface area contributed by atoms with E-state index in [2.05, 4.69) is 9.97 Å². The SMILES string of the molecule is Cc1nc(C)c(C(=O)O)c(SCc2ccc(Cl)c(F)c2)n1. The molecule has 0 aliphatic carbocycles. The smallest absolute Gasteiger partial charge is 0.340 e. The molecule has 21 heavy (non-hydrogen) atoms. The van der Waals surface area contributed by atoms with Gasteiger partial charge >= 0.3 is 5.97 Å². The number of rotatable bonds is 4. The lowest BCUT2D eigenvalue weighted by Gasteiger charge is -2.08. The molecule has 0 atom stereocenters. The predicted molar refractivity (Wildman–Crippen MR) is 79.4 cm³/mol. The summed E-state index contributed by atoms with van der Waals surface area (Å²) in [6, 6.07) is 4.50. The van der Waals surface area contributed by atoms with Gasteiger partial charge in [0, 0.05) is 5.75 Å². The Morgan fingerprint density at radius 2 is 2.10 bits per heavy atom. The summed E-state index contributed by atoms with van der Waals surface area (Å²) in [4.78, 5) is 19.5. The summed E-state index contributed by atoms with van der Waals surface area (Å²) < 4.78 is 13.4. The van der Waals surface area contributed by atoms with Gasteiger partial charge in [0.05, 0.1) is 10.7 Å². The number of benzene rings is 1. The number of aryl methyl sites for hydroxylation is 2. The molecule has 1 aromatic heterocycles. The first-order valence-electron chi connectivity index (χ1n) is 6.03. The molecule has 0 saturated heterocycles. The van der Waals surface area contributed by atoms with E-state index in [1.807, 2.05) is 0 Å². The van der Waals surface area contributed by atoms with Crippen LogP contribution in [0.25, 0.3) is 0 Å². The third kappa shape index (κ3) is 3.71. The number of hydrogen-bond acceptors (Lipinski definition) is 4. The number of thioether (sulfide) groups is 1. The normalized spacial score (nSPS) is 10.7. The number of hydrogen-bond donors (Lipinski definition) is 1. The van der Waals surface area contributed by atoms with Gasteiger partial charge in [-0.05, 0) is 31.5 Å². The summed E-state index contributed by atoms with van der Waals surface area (Å²) >= 11 is 6.86. The fraction of sp³-hybridized carbons (Fsp3) is 0.214. The zero-order chi connectivity index (χ0) is 15.6. The monoisotopic (exact) mass is 326 g/mol. The Bertz CT molecular complexity index is 710. The first kappa shape index (κ1) is 15.7. The molecule has 110 valence electrons. The molecule has 1 aromatic carbocycles. The number of aromatic carboxylic acids is 1. The van der Waals surface area contributed by atoms with E-state index in [0.717, 1.165) is 0 Å². The van der Waals surface area contributed by atoms with Crippen molar-refractivity contribution in [2.45, 2.75) is 24.6 Å². The van der Waals surface area contributed by atoms with E-state index in [4.69, 9.17) is 11.6 Å². The van der Waals surface area contributed by atoms with Gasteiger partial charge in [-0.15, -0.1) is 11.8 Å². The Morgan fingerprint density at radius 3 is 2.71 bits per heavy atom. The molecule has 1 heterocycles. The number of carbonyl (C=O) groups is 1. The van der Waals surface area contributed by atoms with Crippen LogP contribution < -0.4 is 0 Å². The van der Waals surface area contributed by atoms with Crippen LogP contribution in [0.2, 0.25) is 5.02 Å². The minimum atomic E-state index is -1.07. The maximum Gasteiger partial charge on any atom is 0.340 e. The van der Waals surface area contributed by atoms with Gasteiger partial charge in [-0.3, -0.25) is 0 Å². The topological polar surface area (TPSA) is 63.1 Å². The van der Waals surface area contributed by atoms with Crippen LogP contribution in [0.4, 0.5) is 4.39 Å². The molecule has 0 fully saturated rings. The lowest BCUT2D eigenvalue weighted by molar-refractivity contribution is 0.0690. The van der Waals surface area contributed by atoms with Gasteiger partial charge in [0.1, 0.15) is 22.2 Å². The van der Waals surface area contributed by atoms with Gasteiger partial charge in [-0.25, -0.2) is 19.2 Å². The van der Waals surface area contributed by atoms with Gasteiger partial charge in [-0.1, -0.05) is 17.7 Å². The molecule has 0 radical (unpaired) electrons. The first-order chi connectivity index (χ1) is 9.88. The molecule has 7 heteroatoms. The molecule has 2 aromatic rings. The van der Waals surface area contributed by atoms with Crippen molar-refractivity contribution in [1.29, 1.82) is 0 Å². The van der Waals surface area contributed by atoms with Gasteiger partial charge < -0.3 is 5.11 Å². The van der Waals surface area contributed by atoms with E-state index in [-0.39, 0.29) is 10.6 Å². The molecule has 0 aliphatic heterocycles. The van der Waals surface area contributed by atoms with Crippen LogP contribution in [-0.4, -0.2) is 21.0 Å². The van der Waals surface area contributed by atoms with E-state index in [1.165, 1.54) is 23.9 Å². The van der Waals surface area contributed by atoms with Crippen LogP contribution in [0.15, 0.2) is 23.2 Å². The summed E-state index contributed by atoms with van der Waals surface area (Å²) in [5.74, 6) is -0.674. The van der Waals surface area contributed by atoms with E-state index in [0.29, 0.717) is 27.9 Å². The summed E-state index contributed by atoms with van der Waals surface area (Å²) in [6.07, 6.45) is 0. The van der Waals surface area contributed by atoms with Crippen molar-refractivity contribution in [3.8, 4) is 0 Å². The lowest BCUT2D eigenvalue weighted by atomic mass is 10.2. The highest BCUT2D eigenvalue weighted by atomic mass is 35.5. The minimum Gasteiger partial charge on any atom is -0.478 e. The van der Waals surface area contributed by atoms with E-state index < -0.39 is 11.8 Å². The fourth-order valence-electron chi connectivity index (χ4n) is 1.81. The van der Waals surface area contributed by atoms with Crippen molar-refractivity contribution in [2.75, 3.05) is 0 Å². The Balaban J connectivity index is 2.27. The lowest BCUT2D eigenvalue weighted by Crippen LogP contribution is -2.08. The maximum atomic E-state index is 13.4. The van der Waals surface area contributed by atoms with Crippen LogP contribution >= 0.6 is 23.4 Å². The summed E-state index contributed by atoms with van der Waals surface area (Å²) in [5.41, 5.74) is 1.20. The van der Waals surface area contributed by atoms with Crippen molar-refractivity contribution in [1.82, 2.24) is 9.97 Å². The third-order valence-corrected chi connectivity index (χ3v) is 4.10. The molecule has 0 unspecified atom stereocenters. The fourth-order valence-corrected chi connectivity index (χ4v) is 2.99. The summed E-state index contributed by atoms with van der Waals surface area (Å²) in [6.45, 7) is 3.33. The molecule has 0 saturated carbocycles. The van der Waals surface area contributed by atoms with Crippen LogP contribution in [-0.2, 0) is 5.75 Å². The Morgan fingerprint density at radius 1 is 1.38 bits per heavy atom. The second-order valence-corrected chi connectivity index (χ2v) is 5.75. The number of halogens is 2. The molecule has 0 bridgehead atoms. The molecule has 4 nitrogen and oxygen atoms in total. The number of carboxylic acid groups (broad SMARTS) is 1. The van der Waals surface area contributed by atoms with Crippen molar-refractivity contribution in [3.05, 3.63) is 51.7 Å². The van der Waals surface area contributed by atoms with Crippen LogP contribution in [0.5, 0.6) is 0 Å². The highest BCUT2D eigenvalue weighted by Gasteiger charge is 2.17. The van der Waals surface area contributed by atoms with Crippen LogP contribution in [0.1, 0.15) is 27.4 Å². The van der Waals surface area contributed by atoms with Crippen molar-refractivity contribution >= 4 is 29.3 Å². The second-order valence-electron chi connectivity index (χ2n) is 4.38. The highest BCUT2D eigenvalue weighted by molar-refractivity contribution is 7.98. The second kappa shape index (κ2) is 6.41. The largest absolute Gasteiger partial charge is 0.478 e. The van der Waals surface area contributed by atoms with Crippen molar-refractivity contribution < 1.29 is 14.3 Å². The van der Waals surface area contributed by atoms with E-state index in [1.54, 1.807) is 19.9 Å². The van der Waals surface area contributed by atoms with Gasteiger partial charge in [-0.2, -0.15) is 0 Å². The zero-order valence-electron chi connectivity index (χ0n) is 11.4. The Kier molecular flexibility index (Phi) is 4.80.